The van der Waals surface area contributed by atoms with Crippen LogP contribution < -0.4 is 17.0 Å². The number of phosphoric ester groups is 1. The summed E-state index contributed by atoms with van der Waals surface area (Å²) in [7, 11) is -4.22. The minimum Gasteiger partial charge on any atom is -0.463 e. The van der Waals surface area contributed by atoms with Crippen molar-refractivity contribution in [1.82, 2.24) is 9.55 Å². The molecular weight excluding hydrogens is 477 g/mol. The molecule has 0 unspecified atom stereocenters. The lowest BCUT2D eigenvalue weighted by Crippen LogP contribution is -2.55. The highest BCUT2D eigenvalue weighted by Crippen LogP contribution is 2.58. The second-order valence-corrected chi connectivity index (χ2v) is 10.1. The molecule has 0 amide bonds. The number of rotatable bonds is 8. The molecule has 1 aromatic heterocycles. The Morgan fingerprint density at radius 1 is 1.35 bits per heavy atom. The largest absolute Gasteiger partial charge is 0.475 e. The van der Waals surface area contributed by atoms with Crippen LogP contribution in [0.1, 0.15) is 40.3 Å². The van der Waals surface area contributed by atoms with E-state index in [-0.39, 0.29) is 19.1 Å². The average Bonchev–Trinajstić information content (AvgIpc) is 2.95. The number of nitrogens with one attached hydrogen (secondary N) is 1. The van der Waals surface area contributed by atoms with Crippen LogP contribution >= 0.6 is 7.82 Å². The highest BCUT2D eigenvalue weighted by atomic mass is 31.2. The smallest absolute Gasteiger partial charge is 0.463 e. The number of aromatic amines is 1. The van der Waals surface area contributed by atoms with E-state index in [1.54, 1.807) is 13.8 Å². The molecule has 15 heteroatoms. The number of aromatic nitrogens is 2. The molecule has 0 spiro atoms. The van der Waals surface area contributed by atoms with Gasteiger partial charge in [0.05, 0.1) is 31.3 Å². The molecule has 2 saturated heterocycles. The minimum absolute atomic E-state index is 0.239. The maximum Gasteiger partial charge on any atom is 0.475 e. The zero-order valence-electron chi connectivity index (χ0n) is 19.1. The monoisotopic (exact) mass is 505 g/mol. The Labute approximate surface area is 194 Å². The van der Waals surface area contributed by atoms with E-state index < -0.39 is 67.7 Å². The number of fused-ring (bicyclic) bond motifs is 1. The Hall–Kier alpha value is -2.35. The number of nitrogens with two attached hydrogens (primary N) is 1. The molecule has 3 heterocycles. The molecule has 6 atom stereocenters. The SMILES string of the molecule is CC(=O)O[C@H](CO[P@]1(=O)OC[C@H]2O[C@@H](n3ccc(=O)[nH]c3=O)[C@](C)(N)[C@@H]2O1)CC(=O)OC(C)C. The number of carbonyl (C=O) groups is 2. The van der Waals surface area contributed by atoms with Gasteiger partial charge in [-0.05, 0) is 20.8 Å². The van der Waals surface area contributed by atoms with Crippen LogP contribution in [0.5, 0.6) is 0 Å². The fraction of sp³-hybridized carbons (Fsp3) is 0.684. The first-order chi connectivity index (χ1) is 15.8. The van der Waals surface area contributed by atoms with Crippen LogP contribution in [0.3, 0.4) is 0 Å². The van der Waals surface area contributed by atoms with Crippen LogP contribution in [-0.4, -0.2) is 64.7 Å². The van der Waals surface area contributed by atoms with Gasteiger partial charge in [-0.2, -0.15) is 0 Å². The van der Waals surface area contributed by atoms with Crippen molar-refractivity contribution in [3.8, 4) is 0 Å². The van der Waals surface area contributed by atoms with Gasteiger partial charge in [0.2, 0.25) is 0 Å². The van der Waals surface area contributed by atoms with Crippen molar-refractivity contribution in [2.75, 3.05) is 13.2 Å². The van der Waals surface area contributed by atoms with Gasteiger partial charge in [0, 0.05) is 19.2 Å². The van der Waals surface area contributed by atoms with E-state index in [0.717, 1.165) is 17.6 Å². The van der Waals surface area contributed by atoms with Gasteiger partial charge in [0.15, 0.2) is 6.23 Å². The lowest BCUT2D eigenvalue weighted by molar-refractivity contribution is -0.157. The van der Waals surface area contributed by atoms with Crippen molar-refractivity contribution in [1.29, 1.82) is 0 Å². The van der Waals surface area contributed by atoms with Crippen molar-refractivity contribution in [2.24, 2.45) is 5.73 Å². The first-order valence-corrected chi connectivity index (χ1v) is 12.0. The summed E-state index contributed by atoms with van der Waals surface area (Å²) in [5.41, 5.74) is 3.69. The van der Waals surface area contributed by atoms with E-state index in [4.69, 9.17) is 33.5 Å². The standard InChI is InChI=1S/C19H28N3O11P/c1-10(2)30-15(25)7-12(31-11(3)23)8-28-34(27)29-9-13-16(33-34)19(4,20)17(32-13)22-6-5-14(24)21-18(22)26/h5-6,10,12-13,16-17H,7-9,20H2,1-4H3,(H,21,24,26)/t12-,13+,16+,17+,19+,34+/m0/s1. The lowest BCUT2D eigenvalue weighted by Gasteiger charge is -2.36. The van der Waals surface area contributed by atoms with Gasteiger partial charge in [-0.15, -0.1) is 0 Å². The van der Waals surface area contributed by atoms with E-state index in [9.17, 15) is 23.7 Å². The molecule has 0 aliphatic carbocycles. The quantitative estimate of drug-likeness (QED) is 0.355. The van der Waals surface area contributed by atoms with Crippen molar-refractivity contribution < 1.29 is 41.9 Å². The molecule has 3 rings (SSSR count). The number of H-pyrrole nitrogens is 1. The molecule has 190 valence electrons. The van der Waals surface area contributed by atoms with Crippen molar-refractivity contribution >= 4 is 19.8 Å². The molecule has 1 aromatic rings. The van der Waals surface area contributed by atoms with Crippen molar-refractivity contribution in [2.45, 2.75) is 70.3 Å². The summed E-state index contributed by atoms with van der Waals surface area (Å²) in [5, 5.41) is 0. The Morgan fingerprint density at radius 2 is 2.06 bits per heavy atom. The van der Waals surface area contributed by atoms with E-state index in [2.05, 4.69) is 4.98 Å². The van der Waals surface area contributed by atoms with Gasteiger partial charge in [-0.1, -0.05) is 0 Å². The normalized spacial score (nSPS) is 31.6. The van der Waals surface area contributed by atoms with Crippen LogP contribution in [-0.2, 0) is 41.9 Å². The van der Waals surface area contributed by atoms with Crippen LogP contribution in [0.2, 0.25) is 0 Å². The Morgan fingerprint density at radius 3 is 2.68 bits per heavy atom. The summed E-state index contributed by atoms with van der Waals surface area (Å²) < 4.78 is 46.3. The Balaban J connectivity index is 1.71. The summed E-state index contributed by atoms with van der Waals surface area (Å²) in [5.74, 6) is -1.32. The first-order valence-electron chi connectivity index (χ1n) is 10.5. The zero-order chi connectivity index (χ0) is 25.3. The van der Waals surface area contributed by atoms with E-state index in [0.29, 0.717) is 0 Å². The maximum atomic E-state index is 13.1. The van der Waals surface area contributed by atoms with Gasteiger partial charge >= 0.3 is 25.5 Å². The molecule has 0 aromatic carbocycles. The van der Waals surface area contributed by atoms with Crippen LogP contribution in [0.25, 0.3) is 0 Å². The number of ether oxygens (including phenoxy) is 3. The highest BCUT2D eigenvalue weighted by molar-refractivity contribution is 7.48. The summed E-state index contributed by atoms with van der Waals surface area (Å²) in [4.78, 5) is 49.0. The second-order valence-electron chi connectivity index (χ2n) is 8.45. The fourth-order valence-corrected chi connectivity index (χ4v) is 5.17. The number of hydrogen-bond acceptors (Lipinski definition) is 12. The number of nitrogens with zero attached hydrogens (tertiary/aromatic N) is 1. The predicted octanol–water partition coefficient (Wildman–Crippen LogP) is -0.0351. The molecule has 2 aliphatic heterocycles. The third kappa shape index (κ3) is 6.01. The molecule has 34 heavy (non-hydrogen) atoms. The third-order valence-corrected chi connectivity index (χ3v) is 6.46. The molecule has 14 nitrogen and oxygen atoms in total. The van der Waals surface area contributed by atoms with Crippen molar-refractivity contribution in [3.05, 3.63) is 33.1 Å². The Kier molecular flexibility index (Phi) is 7.80. The zero-order valence-corrected chi connectivity index (χ0v) is 20.0. The number of phosphoric acid groups is 1. The third-order valence-electron chi connectivity index (χ3n) is 5.04. The van der Waals surface area contributed by atoms with Gasteiger partial charge in [0.1, 0.15) is 18.3 Å². The second kappa shape index (κ2) is 10.1. The van der Waals surface area contributed by atoms with Crippen molar-refractivity contribution in [3.63, 3.8) is 0 Å². The summed E-state index contributed by atoms with van der Waals surface area (Å²) in [6.45, 7) is 5.28. The predicted molar refractivity (Wildman–Crippen MR) is 114 cm³/mol. The van der Waals surface area contributed by atoms with E-state index >= 15 is 0 Å². The molecule has 0 bridgehead atoms. The molecule has 2 fully saturated rings. The topological polar surface area (TPSA) is 187 Å². The number of esters is 2. The summed E-state index contributed by atoms with van der Waals surface area (Å²) in [6, 6.07) is 1.13. The summed E-state index contributed by atoms with van der Waals surface area (Å²) >= 11 is 0. The van der Waals surface area contributed by atoms with E-state index in [1.165, 1.54) is 13.1 Å². The van der Waals surface area contributed by atoms with Gasteiger partial charge in [0.25, 0.3) is 5.56 Å². The lowest BCUT2D eigenvalue weighted by atomic mass is 9.93. The van der Waals surface area contributed by atoms with E-state index in [1.807, 2.05) is 0 Å². The molecule has 0 saturated carbocycles. The number of carbonyl (C=O) groups excluding carboxylic acids is 2. The van der Waals surface area contributed by atoms with Gasteiger partial charge in [-0.25, -0.2) is 9.36 Å². The average molecular weight is 505 g/mol. The van der Waals surface area contributed by atoms with Crippen LogP contribution in [0, 0.1) is 0 Å². The van der Waals surface area contributed by atoms with Gasteiger partial charge in [-0.3, -0.25) is 37.5 Å². The molecular formula is C19H28N3O11P. The highest BCUT2D eigenvalue weighted by Gasteiger charge is 2.59. The Bertz CT molecular complexity index is 1080. The number of hydrogen-bond donors (Lipinski definition) is 2. The molecule has 2 aliphatic rings. The fourth-order valence-electron chi connectivity index (χ4n) is 3.65. The van der Waals surface area contributed by atoms with Crippen LogP contribution in [0.15, 0.2) is 21.9 Å². The summed E-state index contributed by atoms with van der Waals surface area (Å²) in [6.07, 6.45) is -3.47. The minimum atomic E-state index is -4.22. The maximum absolute atomic E-state index is 13.1. The van der Waals surface area contributed by atoms with Crippen LogP contribution in [0.4, 0.5) is 0 Å². The molecule has 3 N–H and O–H groups in total. The van der Waals surface area contributed by atoms with Gasteiger partial charge < -0.3 is 19.9 Å². The first kappa shape index (κ1) is 26.3. The molecule has 0 radical (unpaired) electrons.